The van der Waals surface area contributed by atoms with E-state index in [0.717, 1.165) is 23.3 Å². The third-order valence-electron chi connectivity index (χ3n) is 3.60. The van der Waals surface area contributed by atoms with Gasteiger partial charge in [0.15, 0.2) is 0 Å². The highest BCUT2D eigenvalue weighted by Crippen LogP contribution is 2.42. The molecule has 0 aliphatic carbocycles. The lowest BCUT2D eigenvalue weighted by Crippen LogP contribution is -2.24. The molecular weight excluding hydrogens is 232 g/mol. The minimum absolute atomic E-state index is 0.209. The molecule has 2 nitrogen and oxygen atoms in total. The van der Waals surface area contributed by atoms with Crippen LogP contribution in [0.5, 0.6) is 0 Å². The molecule has 0 saturated heterocycles. The normalized spacial score (nSPS) is 14.8. The number of fused-ring (bicyclic) bond motifs is 1. The van der Waals surface area contributed by atoms with Crippen molar-refractivity contribution in [3.63, 3.8) is 0 Å². The van der Waals surface area contributed by atoms with Gasteiger partial charge < -0.3 is 4.98 Å². The number of hydrogen-bond donors (Lipinski definition) is 1. The quantitative estimate of drug-likeness (QED) is 0.795. The van der Waals surface area contributed by atoms with E-state index in [0.29, 0.717) is 11.3 Å². The zero-order valence-corrected chi connectivity index (χ0v) is 13.0. The molecule has 0 spiro atoms. The summed E-state index contributed by atoms with van der Waals surface area (Å²) < 4.78 is 0. The molecule has 1 N–H and O–H groups in total. The Kier molecular flexibility index (Phi) is 3.46. The van der Waals surface area contributed by atoms with E-state index in [1.807, 2.05) is 6.07 Å². The predicted octanol–water partition coefficient (Wildman–Crippen LogP) is 5.13. The zero-order chi connectivity index (χ0) is 14.3. The monoisotopic (exact) mass is 258 g/mol. The lowest BCUT2D eigenvalue weighted by atomic mass is 9.72. The second-order valence-corrected chi connectivity index (χ2v) is 7.82. The van der Waals surface area contributed by atoms with Gasteiger partial charge in [0.1, 0.15) is 5.82 Å². The molecule has 2 rings (SSSR count). The van der Waals surface area contributed by atoms with Crippen LogP contribution in [-0.4, -0.2) is 9.97 Å². The molecule has 0 fully saturated rings. The molecule has 1 aromatic heterocycles. The Balaban J connectivity index is 2.43. The first-order chi connectivity index (χ1) is 8.67. The molecule has 0 aliphatic heterocycles. The van der Waals surface area contributed by atoms with Crippen molar-refractivity contribution >= 4 is 11.0 Å². The van der Waals surface area contributed by atoms with E-state index in [-0.39, 0.29) is 5.41 Å². The van der Waals surface area contributed by atoms with Crippen LogP contribution in [0.15, 0.2) is 24.3 Å². The van der Waals surface area contributed by atoms with Gasteiger partial charge in [-0.2, -0.15) is 0 Å². The second kappa shape index (κ2) is 4.66. The standard InChI is InChI=1S/C17H26N2/c1-16(2,3)11-12(17(4,5)6)15-18-13-9-7-8-10-14(13)19-15/h7-10,12H,11H2,1-6H3,(H,18,19). The molecular formula is C17H26N2. The van der Waals surface area contributed by atoms with Crippen LogP contribution < -0.4 is 0 Å². The van der Waals surface area contributed by atoms with Crippen molar-refractivity contribution < 1.29 is 0 Å². The van der Waals surface area contributed by atoms with Gasteiger partial charge in [0.05, 0.1) is 11.0 Å². The summed E-state index contributed by atoms with van der Waals surface area (Å²) >= 11 is 0. The lowest BCUT2D eigenvalue weighted by Gasteiger charge is -2.34. The number of hydrogen-bond acceptors (Lipinski definition) is 1. The average molecular weight is 258 g/mol. The van der Waals surface area contributed by atoms with E-state index in [1.165, 1.54) is 0 Å². The summed E-state index contributed by atoms with van der Waals surface area (Å²) in [5.74, 6) is 1.57. The van der Waals surface area contributed by atoms with Gasteiger partial charge in [-0.25, -0.2) is 4.98 Å². The minimum Gasteiger partial charge on any atom is -0.342 e. The highest BCUT2D eigenvalue weighted by atomic mass is 14.9. The smallest absolute Gasteiger partial charge is 0.110 e. The molecule has 104 valence electrons. The Morgan fingerprint density at radius 3 is 2.21 bits per heavy atom. The average Bonchev–Trinajstić information content (AvgIpc) is 2.66. The van der Waals surface area contributed by atoms with Crippen LogP contribution in [0.1, 0.15) is 59.7 Å². The molecule has 1 aromatic carbocycles. The highest BCUT2D eigenvalue weighted by molar-refractivity contribution is 5.74. The Bertz CT molecular complexity index is 519. The van der Waals surface area contributed by atoms with Gasteiger partial charge >= 0.3 is 0 Å². The maximum Gasteiger partial charge on any atom is 0.110 e. The first kappa shape index (κ1) is 14.1. The summed E-state index contributed by atoms with van der Waals surface area (Å²) in [6.45, 7) is 13.8. The number of benzene rings is 1. The Morgan fingerprint density at radius 2 is 1.68 bits per heavy atom. The summed E-state index contributed by atoms with van der Waals surface area (Å²) in [6, 6.07) is 8.28. The van der Waals surface area contributed by atoms with Crippen molar-refractivity contribution in [2.45, 2.75) is 53.9 Å². The van der Waals surface area contributed by atoms with E-state index in [1.54, 1.807) is 0 Å². The number of nitrogens with zero attached hydrogens (tertiary/aromatic N) is 1. The molecule has 0 amide bonds. The van der Waals surface area contributed by atoms with E-state index in [2.05, 4.69) is 64.7 Å². The van der Waals surface area contributed by atoms with Crippen LogP contribution in [0.3, 0.4) is 0 Å². The van der Waals surface area contributed by atoms with Gasteiger partial charge in [-0.15, -0.1) is 0 Å². The number of aromatic nitrogens is 2. The van der Waals surface area contributed by atoms with Crippen LogP contribution >= 0.6 is 0 Å². The maximum atomic E-state index is 4.81. The van der Waals surface area contributed by atoms with Crippen LogP contribution in [0.25, 0.3) is 11.0 Å². The molecule has 0 saturated carbocycles. The Hall–Kier alpha value is -1.31. The Morgan fingerprint density at radius 1 is 1.05 bits per heavy atom. The molecule has 19 heavy (non-hydrogen) atoms. The minimum atomic E-state index is 0.209. The number of rotatable bonds is 2. The largest absolute Gasteiger partial charge is 0.342 e. The van der Waals surface area contributed by atoms with Gasteiger partial charge in [-0.3, -0.25) is 0 Å². The summed E-state index contributed by atoms with van der Waals surface area (Å²) in [7, 11) is 0. The van der Waals surface area contributed by atoms with Crippen LogP contribution in [-0.2, 0) is 0 Å². The molecule has 0 radical (unpaired) electrons. The van der Waals surface area contributed by atoms with Crippen molar-refractivity contribution in [2.75, 3.05) is 0 Å². The molecule has 1 heterocycles. The van der Waals surface area contributed by atoms with E-state index in [9.17, 15) is 0 Å². The van der Waals surface area contributed by atoms with Crippen molar-refractivity contribution in [2.24, 2.45) is 10.8 Å². The fourth-order valence-electron chi connectivity index (χ4n) is 2.56. The van der Waals surface area contributed by atoms with Crippen molar-refractivity contribution in [3.05, 3.63) is 30.1 Å². The van der Waals surface area contributed by atoms with E-state index < -0.39 is 0 Å². The molecule has 0 aliphatic rings. The van der Waals surface area contributed by atoms with Gasteiger partial charge in [-0.1, -0.05) is 53.7 Å². The molecule has 1 unspecified atom stereocenters. The SMILES string of the molecule is CC(C)(C)CC(c1nc2ccccc2[nH]1)C(C)(C)C. The van der Waals surface area contributed by atoms with E-state index in [4.69, 9.17) is 4.98 Å². The van der Waals surface area contributed by atoms with Gasteiger partial charge in [0, 0.05) is 5.92 Å². The predicted molar refractivity (Wildman–Crippen MR) is 82.4 cm³/mol. The Labute approximate surface area is 116 Å². The van der Waals surface area contributed by atoms with Crippen LogP contribution in [0.4, 0.5) is 0 Å². The summed E-state index contributed by atoms with van der Waals surface area (Å²) in [5.41, 5.74) is 2.72. The number of nitrogens with one attached hydrogen (secondary N) is 1. The first-order valence-electron chi connectivity index (χ1n) is 7.11. The number of para-hydroxylation sites is 2. The van der Waals surface area contributed by atoms with Crippen molar-refractivity contribution in [3.8, 4) is 0 Å². The highest BCUT2D eigenvalue weighted by Gasteiger charge is 2.32. The van der Waals surface area contributed by atoms with Gasteiger partial charge in [-0.05, 0) is 29.4 Å². The number of aromatic amines is 1. The molecule has 1 atom stereocenters. The number of imidazole rings is 1. The van der Waals surface area contributed by atoms with Gasteiger partial charge in [0.25, 0.3) is 0 Å². The fraction of sp³-hybridized carbons (Fsp3) is 0.588. The molecule has 2 heteroatoms. The van der Waals surface area contributed by atoms with Crippen molar-refractivity contribution in [1.29, 1.82) is 0 Å². The summed E-state index contributed by atoms with van der Waals surface area (Å²) in [5, 5.41) is 0. The van der Waals surface area contributed by atoms with Crippen molar-refractivity contribution in [1.82, 2.24) is 9.97 Å². The second-order valence-electron chi connectivity index (χ2n) is 7.82. The lowest BCUT2D eigenvalue weighted by molar-refractivity contribution is 0.222. The third kappa shape index (κ3) is 3.37. The van der Waals surface area contributed by atoms with E-state index >= 15 is 0 Å². The van der Waals surface area contributed by atoms with Gasteiger partial charge in [0.2, 0.25) is 0 Å². The fourth-order valence-corrected chi connectivity index (χ4v) is 2.56. The van der Waals surface area contributed by atoms with Crippen LogP contribution in [0, 0.1) is 10.8 Å². The molecule has 2 aromatic rings. The van der Waals surface area contributed by atoms with Crippen LogP contribution in [0.2, 0.25) is 0 Å². The third-order valence-corrected chi connectivity index (χ3v) is 3.60. The molecule has 0 bridgehead atoms. The summed E-state index contributed by atoms with van der Waals surface area (Å²) in [4.78, 5) is 8.32. The summed E-state index contributed by atoms with van der Waals surface area (Å²) in [6.07, 6.45) is 1.14. The zero-order valence-electron chi connectivity index (χ0n) is 13.0. The first-order valence-corrected chi connectivity index (χ1v) is 7.11. The topological polar surface area (TPSA) is 28.7 Å². The maximum absolute atomic E-state index is 4.81. The number of H-pyrrole nitrogens is 1.